The van der Waals surface area contributed by atoms with Crippen LogP contribution in [0.5, 0.6) is 0 Å². The van der Waals surface area contributed by atoms with Gasteiger partial charge in [0.05, 0.1) is 9.92 Å². The van der Waals surface area contributed by atoms with Gasteiger partial charge in [-0.05, 0) is 19.1 Å². The Balaban J connectivity index is 2.36. The molecule has 1 aromatic heterocycles. The average Bonchev–Trinajstić information content (AvgIpc) is 2.87. The van der Waals surface area contributed by atoms with Crippen molar-refractivity contribution >= 4 is 21.4 Å². The predicted molar refractivity (Wildman–Crippen MR) is 72.1 cm³/mol. The lowest BCUT2D eigenvalue weighted by Crippen LogP contribution is -2.11. The Morgan fingerprint density at radius 2 is 2.10 bits per heavy atom. The molecular weight excluding hydrogens is 304 g/mol. The van der Waals surface area contributed by atoms with Gasteiger partial charge < -0.3 is 9.26 Å². The lowest BCUT2D eigenvalue weighted by molar-refractivity contribution is 0.174. The number of hydrogen-bond donors (Lipinski definition) is 0. The first-order valence-corrected chi connectivity index (χ1v) is 7.69. The Hall–Kier alpha value is -1.44. The minimum Gasteiger partial charge on any atom is -0.377 e. The Kier molecular flexibility index (Phi) is 4.42. The summed E-state index contributed by atoms with van der Waals surface area (Å²) in [5, 5.41) is 2.83. The van der Waals surface area contributed by atoms with Crippen LogP contribution >= 0.6 is 11.6 Å². The van der Waals surface area contributed by atoms with Crippen molar-refractivity contribution < 1.29 is 17.7 Å². The van der Waals surface area contributed by atoms with E-state index in [0.29, 0.717) is 5.82 Å². The van der Waals surface area contributed by atoms with Crippen LogP contribution in [-0.4, -0.2) is 25.7 Å². The Labute approximate surface area is 121 Å². The van der Waals surface area contributed by atoms with Crippen molar-refractivity contribution in [3.63, 3.8) is 0 Å². The minimum absolute atomic E-state index is 0.0111. The minimum atomic E-state index is -3.69. The zero-order valence-corrected chi connectivity index (χ0v) is 12.5. The summed E-state index contributed by atoms with van der Waals surface area (Å²) in [5.74, 6) is 0.306. The van der Waals surface area contributed by atoms with Crippen molar-refractivity contribution in [1.29, 1.82) is 0 Å². The highest BCUT2D eigenvalue weighted by atomic mass is 35.5. The molecule has 6 nitrogen and oxygen atoms in total. The second kappa shape index (κ2) is 5.90. The van der Waals surface area contributed by atoms with Gasteiger partial charge in [0.1, 0.15) is 11.9 Å². The standard InChI is InChI=1S/C12H13ClN2O4S/c1-8(12-14-11(7-18-2)15-19-12)20(16,17)10-6-4-3-5-9(10)13/h3-6,8H,7H2,1-2H3/t8-/m0/s1. The van der Waals surface area contributed by atoms with E-state index in [0.717, 1.165) is 0 Å². The van der Waals surface area contributed by atoms with Crippen LogP contribution < -0.4 is 0 Å². The largest absolute Gasteiger partial charge is 0.377 e. The van der Waals surface area contributed by atoms with Crippen molar-refractivity contribution in [1.82, 2.24) is 10.1 Å². The zero-order valence-electron chi connectivity index (χ0n) is 10.9. The van der Waals surface area contributed by atoms with E-state index in [1.54, 1.807) is 12.1 Å². The smallest absolute Gasteiger partial charge is 0.245 e. The van der Waals surface area contributed by atoms with Crippen LogP contribution in [-0.2, 0) is 21.2 Å². The Morgan fingerprint density at radius 1 is 1.40 bits per heavy atom. The number of ether oxygens (including phenoxy) is 1. The molecular formula is C12H13ClN2O4S. The van der Waals surface area contributed by atoms with Gasteiger partial charge in [-0.15, -0.1) is 0 Å². The fourth-order valence-electron chi connectivity index (χ4n) is 1.62. The number of methoxy groups -OCH3 is 1. The van der Waals surface area contributed by atoms with Crippen molar-refractivity contribution in [3.8, 4) is 0 Å². The highest BCUT2D eigenvalue weighted by Gasteiger charge is 2.31. The third kappa shape index (κ3) is 2.84. The Morgan fingerprint density at radius 3 is 2.75 bits per heavy atom. The molecule has 0 fully saturated rings. The average molecular weight is 317 g/mol. The maximum absolute atomic E-state index is 12.5. The van der Waals surface area contributed by atoms with Gasteiger partial charge in [0, 0.05) is 7.11 Å². The highest BCUT2D eigenvalue weighted by molar-refractivity contribution is 7.91. The molecule has 1 atom stereocenters. The number of benzene rings is 1. The molecule has 8 heteroatoms. The molecule has 20 heavy (non-hydrogen) atoms. The summed E-state index contributed by atoms with van der Waals surface area (Å²) in [4.78, 5) is 4.04. The molecule has 0 radical (unpaired) electrons. The van der Waals surface area contributed by atoms with Gasteiger partial charge >= 0.3 is 0 Å². The first-order valence-electron chi connectivity index (χ1n) is 5.76. The van der Waals surface area contributed by atoms with Crippen molar-refractivity contribution in [3.05, 3.63) is 41.0 Å². The predicted octanol–water partition coefficient (Wildman–Crippen LogP) is 2.40. The van der Waals surface area contributed by atoms with Crippen LogP contribution in [0.3, 0.4) is 0 Å². The van der Waals surface area contributed by atoms with E-state index in [2.05, 4.69) is 10.1 Å². The van der Waals surface area contributed by atoms with E-state index in [1.807, 2.05) is 0 Å². The Bertz CT molecular complexity index is 699. The molecule has 0 aliphatic heterocycles. The summed E-state index contributed by atoms with van der Waals surface area (Å²) in [6.07, 6.45) is 0. The molecule has 0 saturated heterocycles. The second-order valence-electron chi connectivity index (χ2n) is 4.10. The van der Waals surface area contributed by atoms with Crippen molar-refractivity contribution in [2.75, 3.05) is 7.11 Å². The van der Waals surface area contributed by atoms with E-state index >= 15 is 0 Å². The molecule has 0 N–H and O–H groups in total. The van der Waals surface area contributed by atoms with Gasteiger partial charge in [-0.1, -0.05) is 28.9 Å². The molecule has 1 heterocycles. The van der Waals surface area contributed by atoms with E-state index < -0.39 is 15.1 Å². The second-order valence-corrected chi connectivity index (χ2v) is 6.74. The summed E-state index contributed by atoms with van der Waals surface area (Å²) in [5.41, 5.74) is 0. The molecule has 2 aromatic rings. The third-order valence-electron chi connectivity index (χ3n) is 2.71. The van der Waals surface area contributed by atoms with E-state index in [-0.39, 0.29) is 22.4 Å². The number of nitrogens with zero attached hydrogens (tertiary/aromatic N) is 2. The molecule has 0 aliphatic rings. The first kappa shape index (κ1) is 15.0. The molecule has 0 unspecified atom stereocenters. The number of hydrogen-bond acceptors (Lipinski definition) is 6. The van der Waals surface area contributed by atoms with Gasteiger partial charge in [-0.25, -0.2) is 8.42 Å². The van der Waals surface area contributed by atoms with Gasteiger partial charge in [0.2, 0.25) is 5.89 Å². The summed E-state index contributed by atoms with van der Waals surface area (Å²) in [6.45, 7) is 1.63. The van der Waals surface area contributed by atoms with E-state index in [1.165, 1.54) is 26.2 Å². The fourth-order valence-corrected chi connectivity index (χ4v) is 3.43. The van der Waals surface area contributed by atoms with Crippen LogP contribution in [0.1, 0.15) is 23.9 Å². The lowest BCUT2D eigenvalue weighted by Gasteiger charge is -2.10. The third-order valence-corrected chi connectivity index (χ3v) is 5.26. The highest BCUT2D eigenvalue weighted by Crippen LogP contribution is 2.31. The molecule has 0 spiro atoms. The summed E-state index contributed by atoms with van der Waals surface area (Å²) < 4.78 is 34.8. The molecule has 0 amide bonds. The van der Waals surface area contributed by atoms with Crippen LogP contribution in [0.25, 0.3) is 0 Å². The van der Waals surface area contributed by atoms with Gasteiger partial charge in [0.25, 0.3) is 0 Å². The lowest BCUT2D eigenvalue weighted by atomic mass is 10.4. The quantitative estimate of drug-likeness (QED) is 0.842. The number of aromatic nitrogens is 2. The summed E-state index contributed by atoms with van der Waals surface area (Å²) in [7, 11) is -2.21. The van der Waals surface area contributed by atoms with Crippen LogP contribution in [0.15, 0.2) is 33.7 Å². The van der Waals surface area contributed by atoms with Gasteiger partial charge in [-0.3, -0.25) is 0 Å². The van der Waals surface area contributed by atoms with E-state index in [9.17, 15) is 8.42 Å². The fraction of sp³-hybridized carbons (Fsp3) is 0.333. The first-order chi connectivity index (χ1) is 9.46. The summed E-state index contributed by atoms with van der Waals surface area (Å²) in [6, 6.07) is 6.23. The monoisotopic (exact) mass is 316 g/mol. The molecule has 1 aromatic carbocycles. The normalized spacial score (nSPS) is 13.3. The van der Waals surface area contributed by atoms with Gasteiger partial charge in [0.15, 0.2) is 15.7 Å². The van der Waals surface area contributed by atoms with E-state index in [4.69, 9.17) is 20.9 Å². The number of rotatable bonds is 5. The maximum Gasteiger partial charge on any atom is 0.245 e. The molecule has 0 saturated carbocycles. The maximum atomic E-state index is 12.5. The molecule has 2 rings (SSSR count). The van der Waals surface area contributed by atoms with Crippen molar-refractivity contribution in [2.24, 2.45) is 0 Å². The van der Waals surface area contributed by atoms with Crippen LogP contribution in [0.4, 0.5) is 0 Å². The van der Waals surface area contributed by atoms with Crippen molar-refractivity contribution in [2.45, 2.75) is 23.7 Å². The molecule has 0 bridgehead atoms. The number of sulfone groups is 1. The van der Waals surface area contributed by atoms with Crippen LogP contribution in [0, 0.1) is 0 Å². The SMILES string of the molecule is COCc1noc([C@H](C)S(=O)(=O)c2ccccc2Cl)n1. The topological polar surface area (TPSA) is 82.3 Å². The zero-order chi connectivity index (χ0) is 14.8. The number of halogens is 1. The molecule has 108 valence electrons. The summed E-state index contributed by atoms with van der Waals surface area (Å²) >= 11 is 5.93. The van der Waals surface area contributed by atoms with Gasteiger partial charge in [-0.2, -0.15) is 4.98 Å². The van der Waals surface area contributed by atoms with Crippen LogP contribution in [0.2, 0.25) is 5.02 Å². The molecule has 0 aliphatic carbocycles.